The van der Waals surface area contributed by atoms with Gasteiger partial charge in [0.05, 0.1) is 5.69 Å². The van der Waals surface area contributed by atoms with Crippen LogP contribution in [0, 0.1) is 0 Å². The Hall–Kier alpha value is -1.02. The smallest absolute Gasteiger partial charge is 0.242 e. The maximum atomic E-state index is 12.2. The largest absolute Gasteiger partial charge is 0.325 e. The summed E-state index contributed by atoms with van der Waals surface area (Å²) in [6, 6.07) is 3.06. The molecule has 1 fully saturated rings. The number of likely N-dealkylation sites (tertiary alicyclic amines) is 1. The summed E-state index contributed by atoms with van der Waals surface area (Å²) in [5.41, 5.74) is 6.12. The van der Waals surface area contributed by atoms with Gasteiger partial charge in [-0.15, -0.1) is 0 Å². The topological polar surface area (TPSA) is 88.3 Å². The Balaban J connectivity index is 1.98. The molecule has 0 saturated carbocycles. The zero-order chi connectivity index (χ0) is 14.6. The van der Waals surface area contributed by atoms with Crippen molar-refractivity contribution in [3.05, 3.63) is 24.0 Å². The lowest BCUT2D eigenvalue weighted by Gasteiger charge is -2.21. The zero-order valence-electron chi connectivity index (χ0n) is 11.7. The fourth-order valence-corrected chi connectivity index (χ4v) is 3.59. The van der Waals surface area contributed by atoms with Crippen molar-refractivity contribution in [2.24, 2.45) is 5.73 Å². The molecule has 0 aliphatic carbocycles. The summed E-state index contributed by atoms with van der Waals surface area (Å²) in [7, 11) is -3.51. The maximum Gasteiger partial charge on any atom is 0.242 e. The highest BCUT2D eigenvalue weighted by Crippen LogP contribution is 2.11. The highest BCUT2D eigenvalue weighted by Gasteiger charge is 2.20. The monoisotopic (exact) mass is 298 g/mol. The number of rotatable bonds is 6. The van der Waals surface area contributed by atoms with Crippen LogP contribution in [0.3, 0.4) is 0 Å². The SMILES string of the molecule is CC(CN1CCCC1)NS(=O)(=O)c1ccc(CN)nc1. The quantitative estimate of drug-likeness (QED) is 0.789. The zero-order valence-corrected chi connectivity index (χ0v) is 12.6. The average Bonchev–Trinajstić information content (AvgIpc) is 2.91. The molecule has 7 heteroatoms. The van der Waals surface area contributed by atoms with E-state index in [9.17, 15) is 8.42 Å². The van der Waals surface area contributed by atoms with Crippen LogP contribution in [-0.2, 0) is 16.6 Å². The van der Waals surface area contributed by atoms with Crippen molar-refractivity contribution in [3.8, 4) is 0 Å². The van der Waals surface area contributed by atoms with Gasteiger partial charge in [0.1, 0.15) is 4.90 Å². The summed E-state index contributed by atoms with van der Waals surface area (Å²) >= 11 is 0. The number of nitrogens with one attached hydrogen (secondary N) is 1. The van der Waals surface area contributed by atoms with Gasteiger partial charge in [0, 0.05) is 25.3 Å². The van der Waals surface area contributed by atoms with Gasteiger partial charge in [-0.3, -0.25) is 4.98 Å². The Morgan fingerprint density at radius 1 is 1.40 bits per heavy atom. The molecule has 20 heavy (non-hydrogen) atoms. The molecule has 112 valence electrons. The minimum atomic E-state index is -3.51. The Bertz CT molecular complexity index is 524. The predicted molar refractivity (Wildman–Crippen MR) is 77.6 cm³/mol. The molecule has 0 spiro atoms. The van der Waals surface area contributed by atoms with Crippen molar-refractivity contribution in [1.29, 1.82) is 0 Å². The molecule has 1 aromatic rings. The third kappa shape index (κ3) is 3.99. The first-order chi connectivity index (χ1) is 9.51. The molecule has 0 aromatic carbocycles. The van der Waals surface area contributed by atoms with Crippen LogP contribution in [0.4, 0.5) is 0 Å². The van der Waals surface area contributed by atoms with Crippen molar-refractivity contribution in [2.75, 3.05) is 19.6 Å². The van der Waals surface area contributed by atoms with Crippen LogP contribution in [0.2, 0.25) is 0 Å². The molecule has 2 heterocycles. The number of nitrogens with two attached hydrogens (primary N) is 1. The molecule has 3 N–H and O–H groups in total. The second-order valence-electron chi connectivity index (χ2n) is 5.22. The van der Waals surface area contributed by atoms with E-state index in [1.165, 1.54) is 19.0 Å². The third-order valence-electron chi connectivity index (χ3n) is 3.40. The van der Waals surface area contributed by atoms with Crippen LogP contribution in [0.15, 0.2) is 23.2 Å². The van der Waals surface area contributed by atoms with E-state index in [2.05, 4.69) is 14.6 Å². The summed E-state index contributed by atoms with van der Waals surface area (Å²) in [4.78, 5) is 6.48. The Morgan fingerprint density at radius 3 is 2.65 bits per heavy atom. The molecule has 1 aliphatic rings. The van der Waals surface area contributed by atoms with E-state index in [1.54, 1.807) is 12.1 Å². The van der Waals surface area contributed by atoms with Gasteiger partial charge in [-0.25, -0.2) is 13.1 Å². The summed E-state index contributed by atoms with van der Waals surface area (Å²) in [6.45, 7) is 5.04. The summed E-state index contributed by atoms with van der Waals surface area (Å²) in [5, 5.41) is 0. The van der Waals surface area contributed by atoms with Crippen LogP contribution in [0.1, 0.15) is 25.5 Å². The Labute approximate surface area is 120 Å². The fourth-order valence-electron chi connectivity index (χ4n) is 2.41. The molecule has 0 radical (unpaired) electrons. The second kappa shape index (κ2) is 6.62. The lowest BCUT2D eigenvalue weighted by Crippen LogP contribution is -2.41. The minimum Gasteiger partial charge on any atom is -0.325 e. The first-order valence-electron chi connectivity index (χ1n) is 6.91. The van der Waals surface area contributed by atoms with Gasteiger partial charge in [-0.2, -0.15) is 0 Å². The summed E-state index contributed by atoms with van der Waals surface area (Å²) in [5.74, 6) is 0. The average molecular weight is 298 g/mol. The number of nitrogens with zero attached hydrogens (tertiary/aromatic N) is 2. The van der Waals surface area contributed by atoms with Crippen LogP contribution in [0.5, 0.6) is 0 Å². The van der Waals surface area contributed by atoms with Gasteiger partial charge >= 0.3 is 0 Å². The van der Waals surface area contributed by atoms with Gasteiger partial charge in [-0.05, 0) is 45.0 Å². The maximum absolute atomic E-state index is 12.2. The van der Waals surface area contributed by atoms with E-state index in [4.69, 9.17) is 5.73 Å². The van der Waals surface area contributed by atoms with Crippen LogP contribution < -0.4 is 10.5 Å². The normalized spacial score (nSPS) is 18.3. The lowest BCUT2D eigenvalue weighted by molar-refractivity contribution is 0.313. The molecule has 1 unspecified atom stereocenters. The Kier molecular flexibility index (Phi) is 5.09. The van der Waals surface area contributed by atoms with Crippen molar-refractivity contribution >= 4 is 10.0 Å². The highest BCUT2D eigenvalue weighted by atomic mass is 32.2. The van der Waals surface area contributed by atoms with Crippen LogP contribution in [0.25, 0.3) is 0 Å². The van der Waals surface area contributed by atoms with E-state index >= 15 is 0 Å². The number of sulfonamides is 1. The molecule has 0 bridgehead atoms. The number of pyridine rings is 1. The van der Waals surface area contributed by atoms with E-state index in [0.29, 0.717) is 12.2 Å². The number of aromatic nitrogens is 1. The highest BCUT2D eigenvalue weighted by molar-refractivity contribution is 7.89. The first-order valence-corrected chi connectivity index (χ1v) is 8.39. The van der Waals surface area contributed by atoms with Crippen molar-refractivity contribution in [1.82, 2.24) is 14.6 Å². The lowest BCUT2D eigenvalue weighted by atomic mass is 10.3. The van der Waals surface area contributed by atoms with E-state index in [0.717, 1.165) is 19.6 Å². The van der Waals surface area contributed by atoms with Gasteiger partial charge < -0.3 is 10.6 Å². The van der Waals surface area contributed by atoms with E-state index in [1.807, 2.05) is 6.92 Å². The van der Waals surface area contributed by atoms with Gasteiger partial charge in [0.25, 0.3) is 0 Å². The predicted octanol–water partition coefficient (Wildman–Crippen LogP) is 0.303. The number of hydrogen-bond acceptors (Lipinski definition) is 5. The summed E-state index contributed by atoms with van der Waals surface area (Å²) < 4.78 is 27.1. The molecule has 1 aliphatic heterocycles. The number of hydrogen-bond donors (Lipinski definition) is 2. The van der Waals surface area contributed by atoms with Crippen LogP contribution >= 0.6 is 0 Å². The van der Waals surface area contributed by atoms with Crippen molar-refractivity contribution in [3.63, 3.8) is 0 Å². The third-order valence-corrected chi connectivity index (χ3v) is 4.98. The molecular formula is C13H22N4O2S. The van der Waals surface area contributed by atoms with Gasteiger partial charge in [-0.1, -0.05) is 0 Å². The van der Waals surface area contributed by atoms with E-state index in [-0.39, 0.29) is 10.9 Å². The van der Waals surface area contributed by atoms with Crippen molar-refractivity contribution < 1.29 is 8.42 Å². The molecule has 2 rings (SSSR count). The molecule has 6 nitrogen and oxygen atoms in total. The molecule has 0 amide bonds. The van der Waals surface area contributed by atoms with Crippen molar-refractivity contribution in [2.45, 2.75) is 37.2 Å². The molecule has 1 saturated heterocycles. The minimum absolute atomic E-state index is 0.118. The standard InChI is InChI=1S/C13H22N4O2S/c1-11(10-17-6-2-3-7-17)16-20(18,19)13-5-4-12(8-14)15-9-13/h4-5,9,11,16H,2-3,6-8,10,14H2,1H3. The molecular weight excluding hydrogens is 276 g/mol. The Morgan fingerprint density at radius 2 is 2.10 bits per heavy atom. The van der Waals surface area contributed by atoms with Gasteiger partial charge in [0.15, 0.2) is 0 Å². The first kappa shape index (κ1) is 15.4. The molecule has 1 aromatic heterocycles. The molecule has 1 atom stereocenters. The fraction of sp³-hybridized carbons (Fsp3) is 0.615. The van der Waals surface area contributed by atoms with E-state index < -0.39 is 10.0 Å². The van der Waals surface area contributed by atoms with Gasteiger partial charge in [0.2, 0.25) is 10.0 Å². The summed E-state index contributed by atoms with van der Waals surface area (Å²) in [6.07, 6.45) is 3.75. The van der Waals surface area contributed by atoms with Crippen LogP contribution in [-0.4, -0.2) is 44.0 Å². The second-order valence-corrected chi connectivity index (χ2v) is 6.93.